The van der Waals surface area contributed by atoms with Crippen molar-refractivity contribution in [1.29, 1.82) is 0 Å². The Morgan fingerprint density at radius 3 is 2.30 bits per heavy atom. The van der Waals surface area contributed by atoms with Crippen LogP contribution < -0.4 is 0 Å². The molecule has 0 N–H and O–H groups in total. The van der Waals surface area contributed by atoms with Crippen molar-refractivity contribution in [2.24, 2.45) is 0 Å². The smallest absolute Gasteiger partial charge is 0.269 e. The average molecular weight is 519 g/mol. The molecule has 2 aliphatic rings. The molecule has 1 saturated heterocycles. The summed E-state index contributed by atoms with van der Waals surface area (Å²) in [7, 11) is 0. The summed E-state index contributed by atoms with van der Waals surface area (Å²) in [5.74, 6) is -0.0876. The van der Waals surface area contributed by atoms with Crippen LogP contribution in [0.1, 0.15) is 44.9 Å². The molecular weight excluding hydrogens is 488 g/mol. The van der Waals surface area contributed by atoms with E-state index in [0.717, 1.165) is 13.0 Å². The van der Waals surface area contributed by atoms with E-state index in [2.05, 4.69) is 41.5 Å². The quantitative estimate of drug-likeness (QED) is 0.372. The first-order valence-corrected chi connectivity index (χ1v) is 13.4. The maximum absolute atomic E-state index is 13.7. The van der Waals surface area contributed by atoms with Crippen LogP contribution in [0.15, 0.2) is 60.0 Å². The van der Waals surface area contributed by atoms with E-state index in [-0.39, 0.29) is 29.6 Å². The predicted octanol–water partition coefficient (Wildman–Crippen LogP) is 4.29. The zero-order valence-electron chi connectivity index (χ0n) is 21.0. The molecule has 0 unspecified atom stereocenters. The van der Waals surface area contributed by atoms with Crippen molar-refractivity contribution in [1.82, 2.24) is 14.7 Å². The second-order valence-electron chi connectivity index (χ2n) is 9.64. The Bertz CT molecular complexity index is 1310. The Balaban J connectivity index is 1.27. The van der Waals surface area contributed by atoms with Gasteiger partial charge in [-0.25, -0.2) is 0 Å². The second-order valence-corrected chi connectivity index (χ2v) is 10.6. The lowest BCUT2D eigenvalue weighted by molar-refractivity contribution is -0.384. The molecule has 0 radical (unpaired) electrons. The normalized spacial score (nSPS) is 18.8. The number of nitro benzene ring substituents is 1. The fourth-order valence-electron chi connectivity index (χ4n) is 5.44. The Kier molecular flexibility index (Phi) is 7.08. The maximum Gasteiger partial charge on any atom is 0.269 e. The van der Waals surface area contributed by atoms with E-state index in [1.807, 2.05) is 17.9 Å². The highest BCUT2D eigenvalue weighted by Gasteiger charge is 2.38. The Hall–Kier alpha value is -3.56. The predicted molar refractivity (Wildman–Crippen MR) is 143 cm³/mol. The van der Waals surface area contributed by atoms with Crippen molar-refractivity contribution in [2.75, 3.05) is 32.7 Å². The van der Waals surface area contributed by atoms with Crippen molar-refractivity contribution in [3.8, 4) is 0 Å². The maximum atomic E-state index is 13.7. The summed E-state index contributed by atoms with van der Waals surface area (Å²) < 4.78 is 0. The zero-order chi connectivity index (χ0) is 26.1. The Labute approximate surface area is 220 Å². The molecule has 2 aliphatic heterocycles. The van der Waals surface area contributed by atoms with Gasteiger partial charge in [0, 0.05) is 55.3 Å². The van der Waals surface area contributed by atoms with Crippen LogP contribution in [0.2, 0.25) is 0 Å². The Morgan fingerprint density at radius 2 is 1.62 bits per heavy atom. The van der Waals surface area contributed by atoms with E-state index < -0.39 is 4.92 Å². The van der Waals surface area contributed by atoms with Crippen molar-refractivity contribution < 1.29 is 14.5 Å². The molecule has 0 saturated carbocycles. The molecule has 192 valence electrons. The van der Waals surface area contributed by atoms with E-state index >= 15 is 0 Å². The molecular formula is C28H30N4O4S. The molecule has 5 rings (SSSR count). The standard InChI is InChI=1S/C28H30N4O4S/c1-19-5-3-4-6-23(19)26-24-12-18-37-25(24)11-13-31(26)20(2)27(33)29-14-16-30(17-15-29)28(34)21-7-9-22(10-8-21)32(35)36/h3-10,12,18,20,26H,11,13-17H2,1-2H3/t20-,26-/m1/s1. The lowest BCUT2D eigenvalue weighted by Gasteiger charge is -2.43. The summed E-state index contributed by atoms with van der Waals surface area (Å²) in [6.07, 6.45) is 0.935. The minimum atomic E-state index is -0.481. The second kappa shape index (κ2) is 10.4. The number of thiophene rings is 1. The van der Waals surface area contributed by atoms with Crippen LogP contribution in [0.4, 0.5) is 5.69 Å². The van der Waals surface area contributed by atoms with Gasteiger partial charge in [-0.1, -0.05) is 24.3 Å². The summed E-state index contributed by atoms with van der Waals surface area (Å²) in [6.45, 7) is 6.75. The number of hydrogen-bond donors (Lipinski definition) is 0. The number of hydrogen-bond acceptors (Lipinski definition) is 6. The van der Waals surface area contributed by atoms with Crippen LogP contribution in [0.3, 0.4) is 0 Å². The van der Waals surface area contributed by atoms with Gasteiger partial charge < -0.3 is 9.80 Å². The lowest BCUT2D eigenvalue weighted by Crippen LogP contribution is -2.56. The van der Waals surface area contributed by atoms with Gasteiger partial charge in [-0.3, -0.25) is 24.6 Å². The summed E-state index contributed by atoms with van der Waals surface area (Å²) in [5.41, 5.74) is 4.12. The lowest BCUT2D eigenvalue weighted by atomic mass is 9.89. The number of nitro groups is 1. The number of nitrogens with zero attached hydrogens (tertiary/aromatic N) is 4. The number of rotatable bonds is 5. The number of non-ortho nitro benzene ring substituents is 1. The number of aryl methyl sites for hydroxylation is 1. The molecule has 2 amide bonds. The van der Waals surface area contributed by atoms with Gasteiger partial charge in [0.2, 0.25) is 5.91 Å². The first-order valence-electron chi connectivity index (χ1n) is 12.5. The topological polar surface area (TPSA) is 87.0 Å². The highest BCUT2D eigenvalue weighted by molar-refractivity contribution is 7.10. The third-order valence-electron chi connectivity index (χ3n) is 7.54. The highest BCUT2D eigenvalue weighted by Crippen LogP contribution is 2.40. The van der Waals surface area contributed by atoms with E-state index in [1.54, 1.807) is 16.2 Å². The monoisotopic (exact) mass is 518 g/mol. The number of carbonyl (C=O) groups excluding carboxylic acids is 2. The highest BCUT2D eigenvalue weighted by atomic mass is 32.1. The van der Waals surface area contributed by atoms with Gasteiger partial charge in [0.25, 0.3) is 11.6 Å². The molecule has 8 nitrogen and oxygen atoms in total. The molecule has 2 atom stereocenters. The molecule has 1 fully saturated rings. The van der Waals surface area contributed by atoms with Crippen LogP contribution in [-0.4, -0.2) is 70.2 Å². The van der Waals surface area contributed by atoms with Crippen LogP contribution >= 0.6 is 11.3 Å². The van der Waals surface area contributed by atoms with Gasteiger partial charge in [0.15, 0.2) is 0 Å². The zero-order valence-corrected chi connectivity index (χ0v) is 21.8. The largest absolute Gasteiger partial charge is 0.338 e. The molecule has 37 heavy (non-hydrogen) atoms. The van der Waals surface area contributed by atoms with Gasteiger partial charge in [0.1, 0.15) is 0 Å². The number of fused-ring (bicyclic) bond motifs is 1. The van der Waals surface area contributed by atoms with Crippen LogP contribution in [0, 0.1) is 17.0 Å². The van der Waals surface area contributed by atoms with Crippen molar-refractivity contribution in [3.05, 3.63) is 97.2 Å². The van der Waals surface area contributed by atoms with Crippen LogP contribution in [-0.2, 0) is 11.2 Å². The number of benzene rings is 2. The molecule has 3 heterocycles. The SMILES string of the molecule is Cc1ccccc1[C@@H]1c2ccsc2CCN1[C@H](C)C(=O)N1CCN(C(=O)c2ccc([N+](=O)[O-])cc2)CC1. The number of amides is 2. The minimum Gasteiger partial charge on any atom is -0.338 e. The molecule has 0 aliphatic carbocycles. The summed E-state index contributed by atoms with van der Waals surface area (Å²) in [5, 5.41) is 13.0. The molecule has 0 spiro atoms. The Morgan fingerprint density at radius 1 is 0.946 bits per heavy atom. The molecule has 0 bridgehead atoms. The minimum absolute atomic E-state index is 0.0418. The van der Waals surface area contributed by atoms with Gasteiger partial charge in [-0.15, -0.1) is 11.3 Å². The molecule has 2 aromatic carbocycles. The van der Waals surface area contributed by atoms with E-state index in [0.29, 0.717) is 31.7 Å². The number of piperazine rings is 1. The first kappa shape index (κ1) is 25.1. The fraction of sp³-hybridized carbons (Fsp3) is 0.357. The third kappa shape index (κ3) is 4.89. The average Bonchev–Trinajstić information content (AvgIpc) is 3.41. The fourth-order valence-corrected chi connectivity index (χ4v) is 6.34. The molecule has 3 aromatic rings. The van der Waals surface area contributed by atoms with Crippen LogP contribution in [0.25, 0.3) is 0 Å². The van der Waals surface area contributed by atoms with Crippen molar-refractivity contribution in [2.45, 2.75) is 32.4 Å². The summed E-state index contributed by atoms with van der Waals surface area (Å²) in [6, 6.07) is 16.0. The molecule has 1 aromatic heterocycles. The van der Waals surface area contributed by atoms with Crippen molar-refractivity contribution >= 4 is 28.8 Å². The van der Waals surface area contributed by atoms with Gasteiger partial charge >= 0.3 is 0 Å². The third-order valence-corrected chi connectivity index (χ3v) is 8.54. The summed E-state index contributed by atoms with van der Waals surface area (Å²) >= 11 is 1.79. The van der Waals surface area contributed by atoms with E-state index in [1.165, 1.54) is 45.8 Å². The summed E-state index contributed by atoms with van der Waals surface area (Å²) in [4.78, 5) is 44.3. The van der Waals surface area contributed by atoms with E-state index in [9.17, 15) is 19.7 Å². The van der Waals surface area contributed by atoms with E-state index in [4.69, 9.17) is 0 Å². The van der Waals surface area contributed by atoms with Gasteiger partial charge in [-0.05, 0) is 60.5 Å². The molecule has 9 heteroatoms. The van der Waals surface area contributed by atoms with Crippen LogP contribution in [0.5, 0.6) is 0 Å². The first-order chi connectivity index (χ1) is 17.8. The van der Waals surface area contributed by atoms with Gasteiger partial charge in [-0.2, -0.15) is 0 Å². The number of carbonyl (C=O) groups is 2. The van der Waals surface area contributed by atoms with Crippen molar-refractivity contribution in [3.63, 3.8) is 0 Å². The van der Waals surface area contributed by atoms with Gasteiger partial charge in [0.05, 0.1) is 17.0 Å².